The summed E-state index contributed by atoms with van der Waals surface area (Å²) in [6, 6.07) is 4.80. The molecule has 0 saturated carbocycles. The van der Waals surface area contributed by atoms with Crippen molar-refractivity contribution in [1.82, 2.24) is 0 Å². The third kappa shape index (κ3) is 1.81. The lowest BCUT2D eigenvalue weighted by molar-refractivity contribution is 0.540. The Kier molecular flexibility index (Phi) is 2.10. The van der Waals surface area contributed by atoms with E-state index < -0.39 is 0 Å². The number of rotatable bonds is 0. The molecule has 0 aromatic heterocycles. The van der Waals surface area contributed by atoms with Crippen molar-refractivity contribution in [3.63, 3.8) is 0 Å². The first-order valence-electron chi connectivity index (χ1n) is 4.88. The number of hydrogen-bond donors (Lipinski definition) is 2. The maximum absolute atomic E-state index is 13.0. The molecule has 14 heavy (non-hydrogen) atoms. The molecule has 0 fully saturated rings. The molecular formula is C11H15FN2. The molecule has 1 aromatic carbocycles. The highest BCUT2D eigenvalue weighted by Crippen LogP contribution is 2.29. The van der Waals surface area contributed by atoms with Crippen LogP contribution in [0.15, 0.2) is 18.2 Å². The monoisotopic (exact) mass is 194 g/mol. The number of fused-ring (bicyclic) bond motifs is 1. The van der Waals surface area contributed by atoms with E-state index in [0.717, 1.165) is 24.3 Å². The molecule has 0 atom stereocenters. The summed E-state index contributed by atoms with van der Waals surface area (Å²) in [7, 11) is 0. The molecule has 1 aromatic rings. The number of nitrogens with one attached hydrogen (secondary N) is 2. The van der Waals surface area contributed by atoms with Crippen molar-refractivity contribution in [3.05, 3.63) is 24.0 Å². The van der Waals surface area contributed by atoms with Gasteiger partial charge in [-0.2, -0.15) is 0 Å². The van der Waals surface area contributed by atoms with Gasteiger partial charge in [-0.1, -0.05) is 0 Å². The molecule has 2 rings (SSSR count). The fourth-order valence-corrected chi connectivity index (χ4v) is 1.71. The van der Waals surface area contributed by atoms with Crippen LogP contribution in [-0.2, 0) is 0 Å². The molecule has 0 spiro atoms. The van der Waals surface area contributed by atoms with Gasteiger partial charge in [0.25, 0.3) is 0 Å². The summed E-state index contributed by atoms with van der Waals surface area (Å²) in [6.07, 6.45) is 1.02. The highest BCUT2D eigenvalue weighted by molar-refractivity contribution is 5.70. The molecule has 3 heteroatoms. The Morgan fingerprint density at radius 2 is 2.07 bits per heavy atom. The van der Waals surface area contributed by atoms with Crippen molar-refractivity contribution in [2.24, 2.45) is 0 Å². The lowest BCUT2D eigenvalue weighted by Crippen LogP contribution is -2.30. The fourth-order valence-electron chi connectivity index (χ4n) is 1.71. The Bertz CT molecular complexity index is 347. The molecule has 0 aliphatic carbocycles. The molecular weight excluding hydrogens is 179 g/mol. The van der Waals surface area contributed by atoms with Crippen molar-refractivity contribution >= 4 is 11.4 Å². The van der Waals surface area contributed by atoms with Gasteiger partial charge in [-0.25, -0.2) is 4.39 Å². The Labute approximate surface area is 83.5 Å². The van der Waals surface area contributed by atoms with E-state index >= 15 is 0 Å². The molecule has 0 bridgehead atoms. The van der Waals surface area contributed by atoms with E-state index in [1.165, 1.54) is 12.1 Å². The average molecular weight is 194 g/mol. The summed E-state index contributed by atoms with van der Waals surface area (Å²) >= 11 is 0. The first-order valence-corrected chi connectivity index (χ1v) is 4.88. The summed E-state index contributed by atoms with van der Waals surface area (Å²) in [5, 5.41) is 6.62. The second-order valence-electron chi connectivity index (χ2n) is 4.38. The maximum Gasteiger partial charge on any atom is 0.125 e. The average Bonchev–Trinajstić information content (AvgIpc) is 2.22. The SMILES string of the molecule is CC1(C)CCNc2cc(F)ccc2N1. The van der Waals surface area contributed by atoms with E-state index in [1.54, 1.807) is 6.07 Å². The standard InChI is InChI=1S/C11H15FN2/c1-11(2)5-6-13-10-7-8(12)3-4-9(10)14-11/h3-4,7,13-14H,5-6H2,1-2H3. The fraction of sp³-hybridized carbons (Fsp3) is 0.455. The molecule has 1 heterocycles. The van der Waals surface area contributed by atoms with E-state index in [2.05, 4.69) is 24.5 Å². The predicted octanol–water partition coefficient (Wildman–Crippen LogP) is 2.83. The van der Waals surface area contributed by atoms with Gasteiger partial charge in [0.05, 0.1) is 11.4 Å². The largest absolute Gasteiger partial charge is 0.383 e. The summed E-state index contributed by atoms with van der Waals surface area (Å²) in [6.45, 7) is 5.16. The maximum atomic E-state index is 13.0. The predicted molar refractivity (Wildman–Crippen MR) is 57.2 cm³/mol. The van der Waals surface area contributed by atoms with Crippen LogP contribution in [0.2, 0.25) is 0 Å². The molecule has 1 aliphatic heterocycles. The van der Waals surface area contributed by atoms with Crippen molar-refractivity contribution in [1.29, 1.82) is 0 Å². The zero-order valence-corrected chi connectivity index (χ0v) is 8.52. The zero-order valence-electron chi connectivity index (χ0n) is 8.52. The first kappa shape index (κ1) is 9.31. The number of halogens is 1. The minimum atomic E-state index is -0.197. The van der Waals surface area contributed by atoms with Gasteiger partial charge in [0.15, 0.2) is 0 Å². The normalized spacial score (nSPS) is 18.8. The lowest BCUT2D eigenvalue weighted by atomic mass is 10.0. The van der Waals surface area contributed by atoms with E-state index in [9.17, 15) is 4.39 Å². The van der Waals surface area contributed by atoms with Gasteiger partial charge in [0.2, 0.25) is 0 Å². The van der Waals surface area contributed by atoms with E-state index in [1.807, 2.05) is 0 Å². The molecule has 0 amide bonds. The lowest BCUT2D eigenvalue weighted by Gasteiger charge is -2.24. The minimum Gasteiger partial charge on any atom is -0.383 e. The Morgan fingerprint density at radius 1 is 1.29 bits per heavy atom. The van der Waals surface area contributed by atoms with Gasteiger partial charge in [-0.3, -0.25) is 0 Å². The highest BCUT2D eigenvalue weighted by Gasteiger charge is 2.21. The second-order valence-corrected chi connectivity index (χ2v) is 4.38. The van der Waals surface area contributed by atoms with Crippen LogP contribution < -0.4 is 10.6 Å². The molecule has 0 saturated heterocycles. The zero-order chi connectivity index (χ0) is 10.2. The Morgan fingerprint density at radius 3 is 2.86 bits per heavy atom. The van der Waals surface area contributed by atoms with Crippen molar-refractivity contribution in [2.75, 3.05) is 17.2 Å². The molecule has 0 unspecified atom stereocenters. The first-order chi connectivity index (χ1) is 6.57. The van der Waals surface area contributed by atoms with Crippen LogP contribution in [-0.4, -0.2) is 12.1 Å². The van der Waals surface area contributed by atoms with Crippen LogP contribution in [0.3, 0.4) is 0 Å². The summed E-state index contributed by atoms with van der Waals surface area (Å²) in [5.41, 5.74) is 1.90. The van der Waals surface area contributed by atoms with Crippen LogP contribution in [0.4, 0.5) is 15.8 Å². The van der Waals surface area contributed by atoms with Crippen molar-refractivity contribution in [2.45, 2.75) is 25.8 Å². The summed E-state index contributed by atoms with van der Waals surface area (Å²) in [4.78, 5) is 0. The number of anilines is 2. The number of hydrogen-bond acceptors (Lipinski definition) is 2. The minimum absolute atomic E-state index is 0.0656. The molecule has 2 nitrogen and oxygen atoms in total. The number of benzene rings is 1. The third-order valence-corrected chi connectivity index (χ3v) is 2.52. The Hall–Kier alpha value is -1.25. The van der Waals surface area contributed by atoms with E-state index in [0.29, 0.717) is 0 Å². The highest BCUT2D eigenvalue weighted by atomic mass is 19.1. The van der Waals surface area contributed by atoms with Gasteiger partial charge in [-0.05, 0) is 38.5 Å². The van der Waals surface area contributed by atoms with Crippen LogP contribution in [0.1, 0.15) is 20.3 Å². The summed E-state index contributed by atoms with van der Waals surface area (Å²) < 4.78 is 13.0. The smallest absolute Gasteiger partial charge is 0.125 e. The van der Waals surface area contributed by atoms with Gasteiger partial charge >= 0.3 is 0 Å². The third-order valence-electron chi connectivity index (χ3n) is 2.52. The second kappa shape index (κ2) is 3.15. The van der Waals surface area contributed by atoms with Gasteiger partial charge in [-0.15, -0.1) is 0 Å². The topological polar surface area (TPSA) is 24.1 Å². The van der Waals surface area contributed by atoms with Crippen molar-refractivity contribution < 1.29 is 4.39 Å². The van der Waals surface area contributed by atoms with Crippen LogP contribution in [0.5, 0.6) is 0 Å². The molecule has 2 N–H and O–H groups in total. The van der Waals surface area contributed by atoms with Crippen LogP contribution in [0.25, 0.3) is 0 Å². The molecule has 76 valence electrons. The van der Waals surface area contributed by atoms with Gasteiger partial charge in [0.1, 0.15) is 5.82 Å². The summed E-state index contributed by atoms with van der Waals surface area (Å²) in [5.74, 6) is -0.197. The van der Waals surface area contributed by atoms with Gasteiger partial charge in [0, 0.05) is 12.1 Å². The molecule has 0 radical (unpaired) electrons. The van der Waals surface area contributed by atoms with E-state index in [-0.39, 0.29) is 11.4 Å². The van der Waals surface area contributed by atoms with Crippen LogP contribution >= 0.6 is 0 Å². The van der Waals surface area contributed by atoms with E-state index in [4.69, 9.17) is 0 Å². The van der Waals surface area contributed by atoms with Crippen molar-refractivity contribution in [3.8, 4) is 0 Å². The molecule has 1 aliphatic rings. The Balaban J connectivity index is 2.37. The quantitative estimate of drug-likeness (QED) is 0.663. The van der Waals surface area contributed by atoms with Gasteiger partial charge < -0.3 is 10.6 Å². The van der Waals surface area contributed by atoms with Crippen LogP contribution in [0, 0.1) is 5.82 Å².